The molecule has 1 atom stereocenters. The van der Waals surface area contributed by atoms with Gasteiger partial charge >= 0.3 is 0 Å². The lowest BCUT2D eigenvalue weighted by molar-refractivity contribution is 0.0861. The van der Waals surface area contributed by atoms with E-state index in [1.807, 2.05) is 24.3 Å². The summed E-state index contributed by atoms with van der Waals surface area (Å²) in [5.74, 6) is 0.749. The first-order valence-corrected chi connectivity index (χ1v) is 10.4. The highest BCUT2D eigenvalue weighted by Gasteiger charge is 2.27. The van der Waals surface area contributed by atoms with Crippen LogP contribution in [0.2, 0.25) is 0 Å². The fraction of sp³-hybridized carbons (Fsp3) is 0.545. The number of hydrogen-bond acceptors (Lipinski definition) is 3. The Kier molecular flexibility index (Phi) is 5.87. The Morgan fingerprint density at radius 2 is 1.89 bits per heavy atom. The Bertz CT molecular complexity index is 735. The van der Waals surface area contributed by atoms with E-state index in [0.717, 1.165) is 24.4 Å². The van der Waals surface area contributed by atoms with Crippen molar-refractivity contribution in [1.82, 2.24) is 20.2 Å². The van der Waals surface area contributed by atoms with Gasteiger partial charge in [0.1, 0.15) is 5.82 Å². The van der Waals surface area contributed by atoms with Crippen molar-refractivity contribution in [2.24, 2.45) is 0 Å². The monoisotopic (exact) mass is 366 g/mol. The van der Waals surface area contributed by atoms with Crippen molar-refractivity contribution in [1.29, 1.82) is 0 Å². The van der Waals surface area contributed by atoms with Crippen molar-refractivity contribution in [2.45, 2.75) is 63.5 Å². The summed E-state index contributed by atoms with van der Waals surface area (Å²) in [5.41, 5.74) is 1.55. The van der Waals surface area contributed by atoms with Gasteiger partial charge in [-0.15, -0.1) is 0 Å². The zero-order valence-corrected chi connectivity index (χ0v) is 16.0. The second-order valence-electron chi connectivity index (χ2n) is 7.94. The molecule has 2 heterocycles. The lowest BCUT2D eigenvalue weighted by Gasteiger charge is -2.38. The Balaban J connectivity index is 1.42. The first-order valence-electron chi connectivity index (χ1n) is 10.4. The molecule has 27 heavy (non-hydrogen) atoms. The molecule has 0 radical (unpaired) electrons. The van der Waals surface area contributed by atoms with Crippen LogP contribution in [0.15, 0.2) is 36.7 Å². The number of likely N-dealkylation sites (tertiary alicyclic amines) is 1. The first-order chi connectivity index (χ1) is 13.3. The predicted octanol–water partition coefficient (Wildman–Crippen LogP) is 3.99. The molecule has 1 aliphatic heterocycles. The Morgan fingerprint density at radius 3 is 2.67 bits per heavy atom. The maximum absolute atomic E-state index is 13.0. The van der Waals surface area contributed by atoms with E-state index in [1.165, 1.54) is 51.5 Å². The number of carbonyl (C=O) groups is 1. The lowest BCUT2D eigenvalue weighted by atomic mass is 9.99. The third-order valence-corrected chi connectivity index (χ3v) is 6.05. The molecule has 1 saturated heterocycles. The van der Waals surface area contributed by atoms with Crippen LogP contribution in [0.3, 0.4) is 0 Å². The summed E-state index contributed by atoms with van der Waals surface area (Å²) in [6.45, 7) is 2.17. The summed E-state index contributed by atoms with van der Waals surface area (Å²) in [5, 5.41) is 3.30. The molecule has 2 aliphatic rings. The molecule has 2 aromatic rings. The van der Waals surface area contributed by atoms with Crippen LogP contribution in [0.4, 0.5) is 0 Å². The van der Waals surface area contributed by atoms with Gasteiger partial charge < -0.3 is 10.3 Å². The van der Waals surface area contributed by atoms with E-state index in [4.69, 9.17) is 0 Å². The smallest absolute Gasteiger partial charge is 0.252 e. The van der Waals surface area contributed by atoms with Gasteiger partial charge in [0.05, 0.1) is 5.56 Å². The maximum atomic E-state index is 13.0. The van der Waals surface area contributed by atoms with Crippen molar-refractivity contribution < 1.29 is 4.79 Å². The molecule has 0 spiro atoms. The molecule has 2 fully saturated rings. The second kappa shape index (κ2) is 8.70. The SMILES string of the molecule is O=C(N[C@H]1CCCN(C2CCCCCC2)C1)c1ccccc1-c1ncc[nH]1. The summed E-state index contributed by atoms with van der Waals surface area (Å²) in [6, 6.07) is 8.65. The topological polar surface area (TPSA) is 61.0 Å². The lowest BCUT2D eigenvalue weighted by Crippen LogP contribution is -2.51. The van der Waals surface area contributed by atoms with Crippen LogP contribution >= 0.6 is 0 Å². The third kappa shape index (κ3) is 4.41. The molecule has 5 heteroatoms. The largest absolute Gasteiger partial charge is 0.348 e. The van der Waals surface area contributed by atoms with E-state index in [0.29, 0.717) is 11.6 Å². The average Bonchev–Trinajstić information content (AvgIpc) is 3.10. The maximum Gasteiger partial charge on any atom is 0.252 e. The van der Waals surface area contributed by atoms with Gasteiger partial charge in [-0.2, -0.15) is 0 Å². The van der Waals surface area contributed by atoms with Crippen LogP contribution < -0.4 is 5.32 Å². The molecule has 5 nitrogen and oxygen atoms in total. The number of H-pyrrole nitrogens is 1. The van der Waals surface area contributed by atoms with Gasteiger partial charge in [0.2, 0.25) is 0 Å². The minimum absolute atomic E-state index is 0.00900. The molecule has 144 valence electrons. The van der Waals surface area contributed by atoms with Crippen LogP contribution in [0.1, 0.15) is 61.7 Å². The van der Waals surface area contributed by atoms with E-state index in [9.17, 15) is 4.79 Å². The van der Waals surface area contributed by atoms with Gasteiger partial charge in [-0.1, -0.05) is 43.9 Å². The molecule has 1 saturated carbocycles. The minimum atomic E-state index is 0.00900. The summed E-state index contributed by atoms with van der Waals surface area (Å²) < 4.78 is 0. The number of imidazole rings is 1. The number of amides is 1. The van der Waals surface area contributed by atoms with Gasteiger partial charge in [-0.3, -0.25) is 9.69 Å². The normalized spacial score (nSPS) is 22.3. The van der Waals surface area contributed by atoms with E-state index >= 15 is 0 Å². The molecule has 0 unspecified atom stereocenters. The van der Waals surface area contributed by atoms with Crippen molar-refractivity contribution in [3.05, 3.63) is 42.2 Å². The Morgan fingerprint density at radius 1 is 1.07 bits per heavy atom. The molecule has 1 amide bonds. The number of nitrogens with zero attached hydrogens (tertiary/aromatic N) is 2. The number of aromatic nitrogens is 2. The molecule has 1 aromatic carbocycles. The highest BCUT2D eigenvalue weighted by molar-refractivity contribution is 6.00. The number of benzene rings is 1. The van der Waals surface area contributed by atoms with E-state index in [1.54, 1.807) is 12.4 Å². The molecule has 1 aromatic heterocycles. The average molecular weight is 367 g/mol. The Labute approximate surface area is 161 Å². The molecule has 0 bridgehead atoms. The summed E-state index contributed by atoms with van der Waals surface area (Å²) >= 11 is 0. The van der Waals surface area contributed by atoms with Crippen LogP contribution in [-0.4, -0.2) is 45.9 Å². The summed E-state index contributed by atoms with van der Waals surface area (Å²) in [4.78, 5) is 23.1. The second-order valence-corrected chi connectivity index (χ2v) is 7.94. The minimum Gasteiger partial charge on any atom is -0.348 e. The fourth-order valence-corrected chi connectivity index (χ4v) is 4.64. The van der Waals surface area contributed by atoms with Gasteiger partial charge in [-0.25, -0.2) is 4.98 Å². The van der Waals surface area contributed by atoms with Crippen LogP contribution in [-0.2, 0) is 0 Å². The van der Waals surface area contributed by atoms with E-state index < -0.39 is 0 Å². The number of piperidine rings is 1. The fourth-order valence-electron chi connectivity index (χ4n) is 4.64. The number of aromatic amines is 1. The van der Waals surface area contributed by atoms with Crippen LogP contribution in [0.5, 0.6) is 0 Å². The van der Waals surface area contributed by atoms with Crippen molar-refractivity contribution >= 4 is 5.91 Å². The number of nitrogens with one attached hydrogen (secondary N) is 2. The van der Waals surface area contributed by atoms with E-state index in [-0.39, 0.29) is 11.9 Å². The van der Waals surface area contributed by atoms with Crippen molar-refractivity contribution in [3.8, 4) is 11.4 Å². The zero-order valence-electron chi connectivity index (χ0n) is 16.0. The van der Waals surface area contributed by atoms with Crippen molar-refractivity contribution in [3.63, 3.8) is 0 Å². The van der Waals surface area contributed by atoms with Gasteiger partial charge in [0.25, 0.3) is 5.91 Å². The predicted molar refractivity (Wildman–Crippen MR) is 108 cm³/mol. The van der Waals surface area contributed by atoms with Gasteiger partial charge in [0, 0.05) is 36.6 Å². The van der Waals surface area contributed by atoms with Crippen LogP contribution in [0.25, 0.3) is 11.4 Å². The number of rotatable bonds is 4. The highest BCUT2D eigenvalue weighted by Crippen LogP contribution is 2.25. The molecular formula is C22H30N4O. The Hall–Kier alpha value is -2.14. The molecular weight excluding hydrogens is 336 g/mol. The summed E-state index contributed by atoms with van der Waals surface area (Å²) in [6.07, 6.45) is 13.9. The van der Waals surface area contributed by atoms with Crippen molar-refractivity contribution in [2.75, 3.05) is 13.1 Å². The standard InChI is InChI=1S/C22H30N4O/c27-22(20-12-6-5-11-19(20)21-23-13-14-24-21)25-17-8-7-15-26(16-17)18-9-3-1-2-4-10-18/h5-6,11-14,17-18H,1-4,7-10,15-16H2,(H,23,24)(H,25,27)/t17-/m0/s1. The summed E-state index contributed by atoms with van der Waals surface area (Å²) in [7, 11) is 0. The van der Waals surface area contributed by atoms with Gasteiger partial charge in [-0.05, 0) is 38.3 Å². The first kappa shape index (κ1) is 18.2. The van der Waals surface area contributed by atoms with Crippen LogP contribution in [0, 0.1) is 0 Å². The van der Waals surface area contributed by atoms with Gasteiger partial charge in [0.15, 0.2) is 0 Å². The highest BCUT2D eigenvalue weighted by atomic mass is 16.1. The number of carbonyl (C=O) groups excluding carboxylic acids is 1. The third-order valence-electron chi connectivity index (χ3n) is 6.05. The quantitative estimate of drug-likeness (QED) is 0.804. The molecule has 1 aliphatic carbocycles. The van der Waals surface area contributed by atoms with E-state index in [2.05, 4.69) is 20.2 Å². The number of hydrogen-bond donors (Lipinski definition) is 2. The molecule has 2 N–H and O–H groups in total. The zero-order chi connectivity index (χ0) is 18.5. The molecule has 4 rings (SSSR count).